The molecule has 2 aromatic carbocycles. The second-order valence-electron chi connectivity index (χ2n) is 5.78. The van der Waals surface area contributed by atoms with Crippen LogP contribution in [0.5, 0.6) is 11.5 Å². The van der Waals surface area contributed by atoms with Gasteiger partial charge in [0.2, 0.25) is 0 Å². The van der Waals surface area contributed by atoms with Gasteiger partial charge in [-0.1, -0.05) is 24.3 Å². The first kappa shape index (κ1) is 18.2. The van der Waals surface area contributed by atoms with Crippen LogP contribution in [-0.2, 0) is 9.47 Å². The first-order valence-electron chi connectivity index (χ1n) is 8.74. The number of methoxy groups -OCH3 is 1. The van der Waals surface area contributed by atoms with Crippen LogP contribution in [0.2, 0.25) is 0 Å². The maximum absolute atomic E-state index is 5.96. The van der Waals surface area contributed by atoms with Crippen molar-refractivity contribution in [2.75, 3.05) is 32.4 Å². The quantitative estimate of drug-likeness (QED) is 0.578. The summed E-state index contributed by atoms with van der Waals surface area (Å²) < 4.78 is 22.5. The molecule has 2 aromatic rings. The third-order valence-electron chi connectivity index (χ3n) is 3.90. The molecular formula is C20H24N2O4. The average Bonchev–Trinajstić information content (AvgIpc) is 2.70. The number of anilines is 1. The summed E-state index contributed by atoms with van der Waals surface area (Å²) in [5, 5.41) is 4.29. The molecule has 0 spiro atoms. The lowest BCUT2D eigenvalue weighted by Crippen LogP contribution is -2.26. The van der Waals surface area contributed by atoms with E-state index in [0.29, 0.717) is 24.5 Å². The van der Waals surface area contributed by atoms with Crippen LogP contribution in [-0.4, -0.2) is 39.4 Å². The van der Waals surface area contributed by atoms with E-state index in [-0.39, 0.29) is 6.29 Å². The zero-order chi connectivity index (χ0) is 18.0. The highest BCUT2D eigenvalue weighted by Gasteiger charge is 2.15. The van der Waals surface area contributed by atoms with Crippen molar-refractivity contribution in [2.45, 2.75) is 19.1 Å². The summed E-state index contributed by atoms with van der Waals surface area (Å²) in [6, 6.07) is 15.5. The van der Waals surface area contributed by atoms with Gasteiger partial charge in [0.15, 0.2) is 17.8 Å². The third kappa shape index (κ3) is 5.21. The number of benzene rings is 2. The molecule has 1 heterocycles. The highest BCUT2D eigenvalue weighted by Crippen LogP contribution is 2.30. The van der Waals surface area contributed by atoms with Gasteiger partial charge in [0.1, 0.15) is 0 Å². The number of nitrogens with zero attached hydrogens (tertiary/aromatic N) is 1. The Morgan fingerprint density at radius 1 is 1.12 bits per heavy atom. The molecule has 6 heteroatoms. The molecule has 1 fully saturated rings. The maximum Gasteiger partial charge on any atom is 0.169 e. The standard InChI is InChI=1S/C20H24N2O4/c1-23-18-10-5-7-16(15-21-22-17-8-3-2-4-9-17)20(18)26-14-11-19-24-12-6-13-25-19/h2-5,7-10,15,19,22H,6,11-14H2,1H3. The van der Waals surface area contributed by atoms with Gasteiger partial charge in [0.05, 0.1) is 38.8 Å². The Bertz CT molecular complexity index is 700. The molecule has 6 nitrogen and oxygen atoms in total. The van der Waals surface area contributed by atoms with E-state index >= 15 is 0 Å². The van der Waals surface area contributed by atoms with Crippen molar-refractivity contribution in [3.63, 3.8) is 0 Å². The fourth-order valence-corrected chi connectivity index (χ4v) is 2.60. The van der Waals surface area contributed by atoms with Crippen LogP contribution < -0.4 is 14.9 Å². The lowest BCUT2D eigenvalue weighted by atomic mass is 10.2. The molecule has 0 saturated carbocycles. The van der Waals surface area contributed by atoms with E-state index in [0.717, 1.165) is 30.9 Å². The average molecular weight is 356 g/mol. The summed E-state index contributed by atoms with van der Waals surface area (Å²) >= 11 is 0. The van der Waals surface area contributed by atoms with E-state index in [9.17, 15) is 0 Å². The molecule has 1 saturated heterocycles. The zero-order valence-electron chi connectivity index (χ0n) is 14.9. The summed E-state index contributed by atoms with van der Waals surface area (Å²) in [5.74, 6) is 1.32. The summed E-state index contributed by atoms with van der Waals surface area (Å²) in [7, 11) is 1.62. The van der Waals surface area contributed by atoms with Gasteiger partial charge < -0.3 is 18.9 Å². The van der Waals surface area contributed by atoms with Gasteiger partial charge in [-0.2, -0.15) is 5.10 Å². The van der Waals surface area contributed by atoms with Gasteiger partial charge >= 0.3 is 0 Å². The fraction of sp³-hybridized carbons (Fsp3) is 0.350. The molecule has 0 aliphatic carbocycles. The van der Waals surface area contributed by atoms with Gasteiger partial charge in [0.25, 0.3) is 0 Å². The number of nitrogens with one attached hydrogen (secondary N) is 1. The molecule has 1 aliphatic rings. The van der Waals surface area contributed by atoms with Crippen LogP contribution in [0.4, 0.5) is 5.69 Å². The van der Waals surface area contributed by atoms with Crippen molar-refractivity contribution in [1.29, 1.82) is 0 Å². The topological polar surface area (TPSA) is 61.3 Å². The smallest absolute Gasteiger partial charge is 0.169 e. The number of hydrogen-bond acceptors (Lipinski definition) is 6. The molecule has 0 radical (unpaired) electrons. The monoisotopic (exact) mass is 356 g/mol. The molecule has 0 unspecified atom stereocenters. The highest BCUT2D eigenvalue weighted by molar-refractivity contribution is 5.85. The number of ether oxygens (including phenoxy) is 4. The van der Waals surface area contributed by atoms with Crippen LogP contribution in [0, 0.1) is 0 Å². The lowest BCUT2D eigenvalue weighted by molar-refractivity contribution is -0.183. The van der Waals surface area contributed by atoms with Crippen molar-refractivity contribution in [3.8, 4) is 11.5 Å². The molecular weight excluding hydrogens is 332 g/mol. The van der Waals surface area contributed by atoms with E-state index in [4.69, 9.17) is 18.9 Å². The van der Waals surface area contributed by atoms with Gasteiger partial charge in [-0.15, -0.1) is 0 Å². The predicted octanol–water partition coefficient (Wildman–Crippen LogP) is 3.67. The first-order valence-corrected chi connectivity index (χ1v) is 8.74. The Hall–Kier alpha value is -2.57. The van der Waals surface area contributed by atoms with Crippen LogP contribution in [0.25, 0.3) is 0 Å². The Morgan fingerprint density at radius 3 is 2.69 bits per heavy atom. The normalized spacial score (nSPS) is 15.1. The summed E-state index contributed by atoms with van der Waals surface area (Å²) in [6.07, 6.45) is 3.13. The Morgan fingerprint density at radius 2 is 1.92 bits per heavy atom. The van der Waals surface area contributed by atoms with Gasteiger partial charge in [-0.25, -0.2) is 0 Å². The summed E-state index contributed by atoms with van der Waals surface area (Å²) in [4.78, 5) is 0. The Balaban J connectivity index is 1.63. The molecule has 26 heavy (non-hydrogen) atoms. The van der Waals surface area contributed by atoms with Crippen molar-refractivity contribution < 1.29 is 18.9 Å². The molecule has 0 atom stereocenters. The van der Waals surface area contributed by atoms with E-state index in [1.807, 2.05) is 48.5 Å². The second kappa shape index (κ2) is 9.79. The SMILES string of the molecule is COc1cccc(C=NNc2ccccc2)c1OCCC1OCCCO1. The zero-order valence-corrected chi connectivity index (χ0v) is 14.9. The Kier molecular flexibility index (Phi) is 6.87. The number of hydrazone groups is 1. The number of para-hydroxylation sites is 2. The molecule has 138 valence electrons. The van der Waals surface area contributed by atoms with Crippen molar-refractivity contribution in [1.82, 2.24) is 0 Å². The molecule has 0 aromatic heterocycles. The van der Waals surface area contributed by atoms with Crippen molar-refractivity contribution in [3.05, 3.63) is 54.1 Å². The second-order valence-corrected chi connectivity index (χ2v) is 5.78. The first-order chi connectivity index (χ1) is 12.9. The largest absolute Gasteiger partial charge is 0.493 e. The summed E-state index contributed by atoms with van der Waals surface area (Å²) in [5.41, 5.74) is 4.75. The van der Waals surface area contributed by atoms with E-state index in [2.05, 4.69) is 10.5 Å². The van der Waals surface area contributed by atoms with Gasteiger partial charge in [-0.05, 0) is 30.7 Å². The number of hydrogen-bond donors (Lipinski definition) is 1. The summed E-state index contributed by atoms with van der Waals surface area (Å²) in [6.45, 7) is 1.95. The minimum Gasteiger partial charge on any atom is -0.493 e. The predicted molar refractivity (Wildman–Crippen MR) is 101 cm³/mol. The van der Waals surface area contributed by atoms with E-state index in [1.165, 1.54) is 0 Å². The fourth-order valence-electron chi connectivity index (χ4n) is 2.60. The molecule has 0 bridgehead atoms. The van der Waals surface area contributed by atoms with Gasteiger partial charge in [-0.3, -0.25) is 5.43 Å². The number of rotatable bonds is 8. The van der Waals surface area contributed by atoms with E-state index in [1.54, 1.807) is 13.3 Å². The van der Waals surface area contributed by atoms with Crippen LogP contribution >= 0.6 is 0 Å². The van der Waals surface area contributed by atoms with Crippen LogP contribution in [0.3, 0.4) is 0 Å². The third-order valence-corrected chi connectivity index (χ3v) is 3.90. The maximum atomic E-state index is 5.96. The highest BCUT2D eigenvalue weighted by atomic mass is 16.7. The van der Waals surface area contributed by atoms with Crippen LogP contribution in [0.15, 0.2) is 53.6 Å². The minimum absolute atomic E-state index is 0.199. The lowest BCUT2D eigenvalue weighted by Gasteiger charge is -2.23. The molecule has 1 N–H and O–H groups in total. The molecule has 3 rings (SSSR count). The van der Waals surface area contributed by atoms with Gasteiger partial charge in [0, 0.05) is 12.0 Å². The van der Waals surface area contributed by atoms with Crippen molar-refractivity contribution >= 4 is 11.9 Å². The van der Waals surface area contributed by atoms with Crippen molar-refractivity contribution in [2.24, 2.45) is 5.10 Å². The Labute approximate surface area is 153 Å². The minimum atomic E-state index is -0.199. The molecule has 0 amide bonds. The molecule has 1 aliphatic heterocycles. The van der Waals surface area contributed by atoms with E-state index < -0.39 is 0 Å². The van der Waals surface area contributed by atoms with Crippen LogP contribution in [0.1, 0.15) is 18.4 Å².